The van der Waals surface area contributed by atoms with Crippen molar-refractivity contribution in [2.24, 2.45) is 0 Å². The van der Waals surface area contributed by atoms with Crippen LogP contribution in [0.1, 0.15) is 0 Å². The van der Waals surface area contributed by atoms with Crippen LogP contribution in [0, 0.1) is 0 Å². The Labute approximate surface area is 137 Å². The van der Waals surface area contributed by atoms with Crippen molar-refractivity contribution in [1.29, 1.82) is 0 Å². The maximum Gasteiger partial charge on any atom is 1.00 e. The first-order valence-corrected chi connectivity index (χ1v) is 4.30. The quantitative estimate of drug-likeness (QED) is 0.667. The van der Waals surface area contributed by atoms with Gasteiger partial charge in [-0.25, -0.2) is 0 Å². The Morgan fingerprint density at radius 2 is 1.29 bits per heavy atom. The smallest absolute Gasteiger partial charge is 0.445 e. The Hall–Kier alpha value is 1.58. The molecule has 0 heterocycles. The fraction of sp³-hybridized carbons (Fsp3) is 0. The van der Waals surface area contributed by atoms with Gasteiger partial charge in [-0.3, -0.25) is 0 Å². The second kappa shape index (κ2) is 5.77. The molecule has 0 atom stereocenters. The zero-order valence-electron chi connectivity index (χ0n) is 7.00. The number of rotatable bonds is 1. The molecule has 0 aliphatic carbocycles. The number of hydrogen-bond donors (Lipinski definition) is 0. The normalized spacial score (nSPS) is 11.0. The van der Waals surface area contributed by atoms with Crippen molar-refractivity contribution < 1.29 is 64.3 Å². The summed E-state index contributed by atoms with van der Waals surface area (Å²) in [5, 5.41) is -0.853. The van der Waals surface area contributed by atoms with E-state index in [2.05, 4.69) is 0 Å². The van der Waals surface area contributed by atoms with Crippen molar-refractivity contribution in [1.82, 2.24) is 0 Å². The minimum absolute atomic E-state index is 0. The van der Waals surface area contributed by atoms with Gasteiger partial charge in [0.1, 0.15) is 0 Å². The molecule has 72 valence electrons. The van der Waals surface area contributed by atoms with Gasteiger partial charge < -0.3 is 12.9 Å². The van der Waals surface area contributed by atoms with E-state index < -0.39 is 22.5 Å². The van der Waals surface area contributed by atoms with E-state index in [4.69, 9.17) is 34.8 Å². The van der Waals surface area contributed by atoms with Crippen LogP contribution >= 0.6 is 34.8 Å². The molecule has 0 aromatic heterocycles. The van der Waals surface area contributed by atoms with Crippen LogP contribution in [0.5, 0.6) is 0 Å². The third-order valence-corrected chi connectivity index (χ3v) is 2.21. The Bertz CT molecular complexity index is 319. The number of halogens is 6. The molecule has 0 saturated heterocycles. The molecule has 8 heteroatoms. The molecule has 0 saturated carbocycles. The van der Waals surface area contributed by atoms with E-state index in [9.17, 15) is 12.9 Å². The Morgan fingerprint density at radius 3 is 1.57 bits per heavy atom. The van der Waals surface area contributed by atoms with E-state index in [0.717, 1.165) is 12.1 Å². The standard InChI is InChI=1S/C6H2BCl3F3.K/c8-3-1-4(9)6(5(10)2-3)7(11,12)13;/h1-2H;/q-1;+1. The first-order valence-electron chi connectivity index (χ1n) is 3.16. The molecule has 0 amide bonds. The third-order valence-electron chi connectivity index (χ3n) is 1.37. The minimum atomic E-state index is -5.19. The first kappa shape index (κ1) is 15.6. The van der Waals surface area contributed by atoms with Crippen LogP contribution in [-0.4, -0.2) is 6.98 Å². The van der Waals surface area contributed by atoms with E-state index in [0.29, 0.717) is 0 Å². The molecule has 1 aromatic carbocycles. The molecule has 14 heavy (non-hydrogen) atoms. The summed E-state index contributed by atoms with van der Waals surface area (Å²) in [4.78, 5) is 0. The largest absolute Gasteiger partial charge is 1.00 e. The molecule has 0 nitrogen and oxygen atoms in total. The fourth-order valence-corrected chi connectivity index (χ4v) is 1.93. The van der Waals surface area contributed by atoms with Gasteiger partial charge in [-0.15, -0.1) is 0 Å². The van der Waals surface area contributed by atoms with Gasteiger partial charge in [0.2, 0.25) is 0 Å². The predicted molar refractivity (Wildman–Crippen MR) is 50.2 cm³/mol. The summed E-state index contributed by atoms with van der Waals surface area (Å²) in [5.41, 5.74) is -0.993. The molecule has 0 bridgehead atoms. The maximum absolute atomic E-state index is 12.3. The van der Waals surface area contributed by atoms with E-state index in [1.165, 1.54) is 0 Å². The minimum Gasteiger partial charge on any atom is -0.445 e. The summed E-state index contributed by atoms with van der Waals surface area (Å²) >= 11 is 16.1. The van der Waals surface area contributed by atoms with Gasteiger partial charge >= 0.3 is 58.4 Å². The van der Waals surface area contributed by atoms with Gasteiger partial charge in [0.25, 0.3) is 0 Å². The molecule has 0 radical (unpaired) electrons. The Kier molecular flexibility index (Phi) is 6.43. The van der Waals surface area contributed by atoms with E-state index >= 15 is 0 Å². The van der Waals surface area contributed by atoms with Crippen LogP contribution in [-0.2, 0) is 0 Å². The molecular weight excluding hydrogens is 285 g/mol. The summed E-state index contributed by atoms with van der Waals surface area (Å²) in [7, 11) is 0. The summed E-state index contributed by atoms with van der Waals surface area (Å²) in [5.74, 6) is 0. The molecule has 0 unspecified atom stereocenters. The van der Waals surface area contributed by atoms with Crippen molar-refractivity contribution >= 4 is 47.2 Å². The average Bonchev–Trinajstić information content (AvgIpc) is 1.78. The van der Waals surface area contributed by atoms with E-state index in [1.807, 2.05) is 0 Å². The molecule has 0 spiro atoms. The van der Waals surface area contributed by atoms with E-state index in [1.54, 1.807) is 0 Å². The predicted octanol–water partition coefficient (Wildman–Crippen LogP) is 0.705. The monoisotopic (exact) mass is 286 g/mol. The molecule has 0 fully saturated rings. The van der Waals surface area contributed by atoms with Crippen molar-refractivity contribution in [3.8, 4) is 0 Å². The molecule has 1 aromatic rings. The summed E-state index contributed by atoms with van der Waals surface area (Å²) in [6.07, 6.45) is 0. The van der Waals surface area contributed by atoms with Crippen LogP contribution in [0.2, 0.25) is 15.1 Å². The summed E-state index contributed by atoms with van der Waals surface area (Å²) < 4.78 is 36.9. The first-order chi connectivity index (χ1) is 5.82. The Morgan fingerprint density at radius 1 is 0.929 bits per heavy atom. The topological polar surface area (TPSA) is 0 Å². The molecular formula is C6H2BCl3F3K. The third kappa shape index (κ3) is 3.87. The number of benzene rings is 1. The van der Waals surface area contributed by atoms with Crippen LogP contribution < -0.4 is 56.8 Å². The molecule has 0 aliphatic heterocycles. The maximum atomic E-state index is 12.3. The summed E-state index contributed by atoms with van der Waals surface area (Å²) in [6.45, 7) is -5.19. The van der Waals surface area contributed by atoms with Gasteiger partial charge in [0.15, 0.2) is 0 Å². The van der Waals surface area contributed by atoms with Gasteiger partial charge in [0, 0.05) is 15.1 Å². The number of hydrogen-bond acceptors (Lipinski definition) is 0. The van der Waals surface area contributed by atoms with Gasteiger partial charge in [-0.2, -0.15) is 0 Å². The second-order valence-electron chi connectivity index (χ2n) is 2.36. The van der Waals surface area contributed by atoms with Crippen molar-refractivity contribution in [3.63, 3.8) is 0 Å². The zero-order valence-corrected chi connectivity index (χ0v) is 12.4. The molecule has 1 rings (SSSR count). The van der Waals surface area contributed by atoms with Crippen molar-refractivity contribution in [3.05, 3.63) is 27.2 Å². The van der Waals surface area contributed by atoms with Crippen LogP contribution in [0.15, 0.2) is 12.1 Å². The van der Waals surface area contributed by atoms with Gasteiger partial charge in [-0.05, 0) is 12.1 Å². The van der Waals surface area contributed by atoms with Crippen LogP contribution in [0.25, 0.3) is 0 Å². The van der Waals surface area contributed by atoms with E-state index in [-0.39, 0.29) is 56.4 Å². The van der Waals surface area contributed by atoms with Crippen LogP contribution in [0.4, 0.5) is 12.9 Å². The summed E-state index contributed by atoms with van der Waals surface area (Å²) in [6, 6.07) is 2.03. The average molecular weight is 287 g/mol. The van der Waals surface area contributed by atoms with Gasteiger partial charge in [-0.1, -0.05) is 40.3 Å². The second-order valence-corrected chi connectivity index (χ2v) is 3.61. The zero-order chi connectivity index (χ0) is 10.2. The van der Waals surface area contributed by atoms with Gasteiger partial charge in [0.05, 0.1) is 0 Å². The fourth-order valence-electron chi connectivity index (χ4n) is 0.866. The van der Waals surface area contributed by atoms with Crippen LogP contribution in [0.3, 0.4) is 0 Å². The molecule has 0 aliphatic rings. The molecule has 0 N–H and O–H groups in total. The van der Waals surface area contributed by atoms with Crippen molar-refractivity contribution in [2.75, 3.05) is 0 Å². The Balaban J connectivity index is 0.00000169. The SMILES string of the molecule is F[B-](F)(F)c1c(Cl)cc(Cl)cc1Cl.[K+]. The van der Waals surface area contributed by atoms with Crippen molar-refractivity contribution in [2.45, 2.75) is 0 Å².